The lowest BCUT2D eigenvalue weighted by Gasteiger charge is -2.23. The maximum atomic E-state index is 12.0. The van der Waals surface area contributed by atoms with Crippen LogP contribution in [0.3, 0.4) is 0 Å². The Bertz CT molecular complexity index is 464. The molecule has 0 aromatic heterocycles. The smallest absolute Gasteiger partial charge is 0.407 e. The number of nitrogens with zero attached hydrogens (tertiary/aromatic N) is 3. The summed E-state index contributed by atoms with van der Waals surface area (Å²) >= 11 is 0. The third-order valence-corrected chi connectivity index (χ3v) is 4.58. The van der Waals surface area contributed by atoms with E-state index in [1.165, 1.54) is 6.42 Å². The molecule has 1 unspecified atom stereocenters. The number of amides is 1. The van der Waals surface area contributed by atoms with Crippen LogP contribution in [0, 0.1) is 0 Å². The maximum absolute atomic E-state index is 12.0. The van der Waals surface area contributed by atoms with Crippen LogP contribution in [0.2, 0.25) is 0 Å². The number of rotatable bonds is 9. The zero-order valence-corrected chi connectivity index (χ0v) is 21.0. The lowest BCUT2D eigenvalue weighted by atomic mass is 10.2. The summed E-state index contributed by atoms with van der Waals surface area (Å²) in [7, 11) is 0. The predicted octanol–water partition coefficient (Wildman–Crippen LogP) is 3.29. The highest BCUT2D eigenvalue weighted by atomic mass is 127. The molecule has 0 aromatic carbocycles. The highest BCUT2D eigenvalue weighted by Crippen LogP contribution is 2.12. The van der Waals surface area contributed by atoms with E-state index in [2.05, 4.69) is 41.2 Å². The molecule has 1 rings (SSSR count). The Morgan fingerprint density at radius 2 is 1.89 bits per heavy atom. The molecule has 1 aliphatic rings. The molecule has 0 aromatic rings. The fourth-order valence-corrected chi connectivity index (χ4v) is 3.14. The van der Waals surface area contributed by atoms with Gasteiger partial charge in [-0.2, -0.15) is 0 Å². The molecule has 0 spiro atoms. The Kier molecular flexibility index (Phi) is 13.9. The molecule has 0 saturated carbocycles. The third kappa shape index (κ3) is 11.3. The molecular weight excluding hydrogens is 469 g/mol. The number of halogens is 1. The van der Waals surface area contributed by atoms with Crippen molar-refractivity contribution in [1.82, 2.24) is 20.4 Å². The number of unbranched alkanes of at least 4 members (excludes halogenated alkanes) is 1. The molecule has 1 fully saturated rings. The number of hydrogen-bond acceptors (Lipinski definition) is 4. The highest BCUT2D eigenvalue weighted by Gasteiger charge is 2.27. The largest absolute Gasteiger partial charge is 0.444 e. The molecule has 1 amide bonds. The van der Waals surface area contributed by atoms with E-state index in [1.807, 2.05) is 20.8 Å². The van der Waals surface area contributed by atoms with Crippen LogP contribution in [0.4, 0.5) is 4.79 Å². The zero-order valence-electron chi connectivity index (χ0n) is 18.7. The first-order valence-corrected chi connectivity index (χ1v) is 10.5. The second-order valence-corrected chi connectivity index (χ2v) is 8.05. The van der Waals surface area contributed by atoms with E-state index >= 15 is 0 Å². The standard InChI is InChI=1S/C20H41N5O2.HI/c1-7-21-18(22-13-10-11-14-24(8-2)9-3)25-15-12-17(16-25)23-19(26)27-20(4,5)6;/h17H,7-16H2,1-6H3,(H,21,22)(H,23,26);1H. The highest BCUT2D eigenvalue weighted by molar-refractivity contribution is 14.0. The summed E-state index contributed by atoms with van der Waals surface area (Å²) in [4.78, 5) is 21.4. The van der Waals surface area contributed by atoms with Crippen LogP contribution in [0.15, 0.2) is 4.99 Å². The van der Waals surface area contributed by atoms with E-state index < -0.39 is 5.60 Å². The van der Waals surface area contributed by atoms with E-state index in [-0.39, 0.29) is 36.1 Å². The number of hydrogen-bond donors (Lipinski definition) is 2. The number of alkyl carbamates (subject to hydrolysis) is 1. The molecule has 0 radical (unpaired) electrons. The van der Waals surface area contributed by atoms with Crippen LogP contribution in [-0.4, -0.2) is 79.3 Å². The predicted molar refractivity (Wildman–Crippen MR) is 128 cm³/mol. The van der Waals surface area contributed by atoms with Gasteiger partial charge in [-0.3, -0.25) is 4.99 Å². The molecule has 0 aliphatic carbocycles. The normalized spacial score (nSPS) is 17.5. The number of guanidine groups is 1. The minimum atomic E-state index is -0.468. The average molecular weight is 511 g/mol. The summed E-state index contributed by atoms with van der Waals surface area (Å²) in [6.07, 6.45) is 2.84. The van der Waals surface area contributed by atoms with Gasteiger partial charge in [0.25, 0.3) is 0 Å². The van der Waals surface area contributed by atoms with Crippen LogP contribution in [0.5, 0.6) is 0 Å². The first-order chi connectivity index (χ1) is 12.8. The Morgan fingerprint density at radius 3 is 2.46 bits per heavy atom. The Balaban J connectivity index is 0.00000729. The van der Waals surface area contributed by atoms with E-state index in [0.717, 1.165) is 64.6 Å². The third-order valence-electron chi connectivity index (χ3n) is 4.58. The van der Waals surface area contributed by atoms with Crippen molar-refractivity contribution in [2.24, 2.45) is 4.99 Å². The number of aliphatic imine (C=N–C) groups is 1. The number of carbonyl (C=O) groups is 1. The Labute approximate surface area is 189 Å². The summed E-state index contributed by atoms with van der Waals surface area (Å²) in [5.74, 6) is 0.953. The van der Waals surface area contributed by atoms with E-state index in [9.17, 15) is 4.79 Å². The Hall–Kier alpha value is -0.770. The summed E-state index contributed by atoms with van der Waals surface area (Å²) in [5, 5.41) is 6.35. The second kappa shape index (κ2) is 14.3. The van der Waals surface area contributed by atoms with Gasteiger partial charge in [0.05, 0.1) is 6.04 Å². The number of likely N-dealkylation sites (tertiary alicyclic amines) is 1. The minimum Gasteiger partial charge on any atom is -0.444 e. The summed E-state index contributed by atoms with van der Waals surface area (Å²) in [5.41, 5.74) is -0.468. The first kappa shape index (κ1) is 27.2. The van der Waals surface area contributed by atoms with Crippen LogP contribution in [0.25, 0.3) is 0 Å². The van der Waals surface area contributed by atoms with Gasteiger partial charge in [-0.15, -0.1) is 24.0 Å². The topological polar surface area (TPSA) is 69.2 Å². The molecule has 1 heterocycles. The SMILES string of the molecule is CCNC(=NCCCCN(CC)CC)N1CCC(NC(=O)OC(C)(C)C)C1.I. The molecule has 28 heavy (non-hydrogen) atoms. The lowest BCUT2D eigenvalue weighted by Crippen LogP contribution is -2.44. The second-order valence-electron chi connectivity index (χ2n) is 8.05. The first-order valence-electron chi connectivity index (χ1n) is 10.5. The van der Waals surface area contributed by atoms with Gasteiger partial charge >= 0.3 is 6.09 Å². The zero-order chi connectivity index (χ0) is 20.3. The Morgan fingerprint density at radius 1 is 1.21 bits per heavy atom. The van der Waals surface area contributed by atoms with Gasteiger partial charge in [0.15, 0.2) is 5.96 Å². The van der Waals surface area contributed by atoms with Gasteiger partial charge in [-0.05, 0) is 66.6 Å². The van der Waals surface area contributed by atoms with Crippen molar-refractivity contribution in [3.8, 4) is 0 Å². The monoisotopic (exact) mass is 511 g/mol. The van der Waals surface area contributed by atoms with Crippen LogP contribution < -0.4 is 10.6 Å². The van der Waals surface area contributed by atoms with E-state index in [0.29, 0.717) is 0 Å². The maximum Gasteiger partial charge on any atom is 0.407 e. The average Bonchev–Trinajstić information content (AvgIpc) is 3.03. The fraction of sp³-hybridized carbons (Fsp3) is 0.900. The van der Waals surface area contributed by atoms with E-state index in [1.54, 1.807) is 0 Å². The number of ether oxygens (including phenoxy) is 1. The van der Waals surface area contributed by atoms with Gasteiger partial charge in [-0.25, -0.2) is 4.79 Å². The quantitative estimate of drug-likeness (QED) is 0.215. The summed E-state index contributed by atoms with van der Waals surface area (Å²) in [6.45, 7) is 18.9. The van der Waals surface area contributed by atoms with Gasteiger partial charge in [0, 0.05) is 26.2 Å². The van der Waals surface area contributed by atoms with Crippen molar-refractivity contribution in [2.45, 2.75) is 72.4 Å². The van der Waals surface area contributed by atoms with Crippen LogP contribution in [-0.2, 0) is 4.74 Å². The van der Waals surface area contributed by atoms with Gasteiger partial charge < -0.3 is 25.2 Å². The van der Waals surface area contributed by atoms with Crippen LogP contribution >= 0.6 is 24.0 Å². The van der Waals surface area contributed by atoms with Gasteiger partial charge in [0.1, 0.15) is 5.60 Å². The van der Waals surface area contributed by atoms with E-state index in [4.69, 9.17) is 9.73 Å². The fourth-order valence-electron chi connectivity index (χ4n) is 3.14. The number of carbonyl (C=O) groups excluding carboxylic acids is 1. The van der Waals surface area contributed by atoms with Gasteiger partial charge in [0.2, 0.25) is 0 Å². The van der Waals surface area contributed by atoms with Crippen molar-refractivity contribution in [1.29, 1.82) is 0 Å². The van der Waals surface area contributed by atoms with Crippen LogP contribution in [0.1, 0.15) is 60.8 Å². The summed E-state index contributed by atoms with van der Waals surface area (Å²) < 4.78 is 5.35. The molecule has 8 heteroatoms. The van der Waals surface area contributed by atoms with Crippen molar-refractivity contribution in [3.05, 3.63) is 0 Å². The molecule has 0 bridgehead atoms. The molecule has 2 N–H and O–H groups in total. The van der Waals surface area contributed by atoms with Crippen molar-refractivity contribution in [2.75, 3.05) is 45.8 Å². The molecule has 1 atom stereocenters. The molecule has 1 saturated heterocycles. The van der Waals surface area contributed by atoms with Gasteiger partial charge in [-0.1, -0.05) is 13.8 Å². The molecule has 1 aliphatic heterocycles. The lowest BCUT2D eigenvalue weighted by molar-refractivity contribution is 0.0507. The molecule has 7 nitrogen and oxygen atoms in total. The summed E-state index contributed by atoms with van der Waals surface area (Å²) in [6, 6.07) is 0.103. The van der Waals surface area contributed by atoms with Crippen molar-refractivity contribution >= 4 is 36.0 Å². The molecular formula is C20H42IN5O2. The number of nitrogens with one attached hydrogen (secondary N) is 2. The van der Waals surface area contributed by atoms with Crippen molar-refractivity contribution < 1.29 is 9.53 Å². The minimum absolute atomic E-state index is 0. The molecule has 166 valence electrons. The van der Waals surface area contributed by atoms with Crippen molar-refractivity contribution in [3.63, 3.8) is 0 Å².